The average molecular weight is 524 g/mol. The number of rotatable bonds is 7. The minimum absolute atomic E-state index is 0. The Morgan fingerprint density at radius 2 is 1.97 bits per heavy atom. The summed E-state index contributed by atoms with van der Waals surface area (Å²) in [5.74, 6) is 2.41. The second-order valence-corrected chi connectivity index (χ2v) is 10.1. The van der Waals surface area contributed by atoms with Crippen LogP contribution in [-0.4, -0.2) is 56.0 Å². The molecule has 2 aliphatic carbocycles. The quantitative estimate of drug-likeness (QED) is 0.376. The molecule has 7 heteroatoms. The van der Waals surface area contributed by atoms with Gasteiger partial charge in [0.1, 0.15) is 0 Å². The maximum absolute atomic E-state index is 12.2. The standard InChI is InChI=1S/C22H38BNO4.Cs/c1-14(2)21(5,6)28-23-22-9-8-18(11-17(22)12-22)27-13-19-15(3)10-16(4)24(19)20(25)26-7;/h15-19H,8-13H2,1-7H3;/q-1;+1/t15-,16+,17?,18?,19-,22?;/m0./s1. The predicted octanol–water partition coefficient (Wildman–Crippen LogP) is 1.63. The van der Waals surface area contributed by atoms with Gasteiger partial charge in [0.25, 0.3) is 7.48 Å². The van der Waals surface area contributed by atoms with Crippen LogP contribution in [0.2, 0.25) is 5.31 Å². The van der Waals surface area contributed by atoms with Gasteiger partial charge < -0.3 is 14.1 Å². The Morgan fingerprint density at radius 3 is 2.55 bits per heavy atom. The van der Waals surface area contributed by atoms with E-state index in [0.717, 1.165) is 25.7 Å². The van der Waals surface area contributed by atoms with E-state index in [2.05, 4.69) is 49.0 Å². The van der Waals surface area contributed by atoms with Gasteiger partial charge in [0, 0.05) is 6.04 Å². The van der Waals surface area contributed by atoms with Gasteiger partial charge in [0.05, 0.1) is 25.9 Å². The van der Waals surface area contributed by atoms with Gasteiger partial charge in [-0.1, -0.05) is 26.4 Å². The summed E-state index contributed by atoms with van der Waals surface area (Å²) in [5, 5.41) is 0.264. The van der Waals surface area contributed by atoms with E-state index in [0.29, 0.717) is 24.5 Å². The van der Waals surface area contributed by atoms with Crippen LogP contribution in [0.5, 0.6) is 0 Å². The summed E-state index contributed by atoms with van der Waals surface area (Å²) in [6.07, 6.45) is 5.60. The number of carbonyl (C=O) groups is 1. The molecule has 1 aliphatic heterocycles. The van der Waals surface area contributed by atoms with Gasteiger partial charge in [-0.2, -0.15) is 13.8 Å². The van der Waals surface area contributed by atoms with Crippen LogP contribution >= 0.6 is 0 Å². The zero-order valence-corrected chi connectivity index (χ0v) is 26.1. The smallest absolute Gasteiger partial charge is 0.464 e. The topological polar surface area (TPSA) is 48.0 Å². The SMILES string of the molecule is COC(=O)N1[C@H](C)C[C@H](C)[C@@H]1COC1CCC2([B]OC(C)(C)[C-](C)C)CC2C1.[Cs+]. The Hall–Kier alpha value is 1.31. The molecule has 2 saturated carbocycles. The Labute approximate surface area is 237 Å². The van der Waals surface area contributed by atoms with Crippen LogP contribution in [-0.2, 0) is 14.1 Å². The largest absolute Gasteiger partial charge is 1.00 e. The molecule has 0 N–H and O–H groups in total. The number of amides is 1. The second-order valence-electron chi connectivity index (χ2n) is 10.1. The van der Waals surface area contributed by atoms with Crippen LogP contribution in [0.4, 0.5) is 4.79 Å². The number of fused-ring (bicyclic) bond motifs is 1. The summed E-state index contributed by atoms with van der Waals surface area (Å²) < 4.78 is 17.5. The average Bonchev–Trinajstić information content (AvgIpc) is 3.28. The molecule has 0 bridgehead atoms. The van der Waals surface area contributed by atoms with Gasteiger partial charge in [-0.3, -0.25) is 10.8 Å². The summed E-state index contributed by atoms with van der Waals surface area (Å²) in [4.78, 5) is 14.0. The Morgan fingerprint density at radius 1 is 1.28 bits per heavy atom. The number of methoxy groups -OCH3 is 1. The zero-order chi connectivity index (χ0) is 20.7. The van der Waals surface area contributed by atoms with Crippen LogP contribution in [0.25, 0.3) is 0 Å². The van der Waals surface area contributed by atoms with E-state index in [1.54, 1.807) is 0 Å². The van der Waals surface area contributed by atoms with Crippen molar-refractivity contribution in [2.24, 2.45) is 11.8 Å². The fourth-order valence-corrected chi connectivity index (χ4v) is 4.94. The first-order valence-corrected chi connectivity index (χ1v) is 10.9. The van der Waals surface area contributed by atoms with E-state index >= 15 is 0 Å². The van der Waals surface area contributed by atoms with E-state index in [1.807, 2.05) is 4.90 Å². The number of hydrogen-bond acceptors (Lipinski definition) is 4. The normalized spacial score (nSPS) is 36.4. The van der Waals surface area contributed by atoms with Crippen molar-refractivity contribution in [3.05, 3.63) is 5.92 Å². The van der Waals surface area contributed by atoms with E-state index in [-0.39, 0.29) is 98.0 Å². The molecule has 0 aromatic heterocycles. The molecule has 6 atom stereocenters. The van der Waals surface area contributed by atoms with E-state index in [1.165, 1.54) is 19.4 Å². The van der Waals surface area contributed by atoms with Gasteiger partial charge in [0.2, 0.25) is 0 Å². The Kier molecular flexibility index (Phi) is 9.61. The molecule has 159 valence electrons. The zero-order valence-electron chi connectivity index (χ0n) is 19.8. The van der Waals surface area contributed by atoms with Crippen LogP contribution in [0.1, 0.15) is 73.6 Å². The fraction of sp³-hybridized carbons (Fsp3) is 0.909. The summed E-state index contributed by atoms with van der Waals surface area (Å²) in [7, 11) is 3.60. The van der Waals surface area contributed by atoms with E-state index in [4.69, 9.17) is 14.1 Å². The molecular formula is C22H38BCsNO4. The maximum Gasteiger partial charge on any atom is 1.00 e. The predicted molar refractivity (Wildman–Crippen MR) is 111 cm³/mol. The third kappa shape index (κ3) is 6.01. The molecule has 0 aromatic carbocycles. The molecule has 5 nitrogen and oxygen atoms in total. The van der Waals surface area contributed by atoms with Gasteiger partial charge >= 0.3 is 75.0 Å². The monoisotopic (exact) mass is 524 g/mol. The first-order valence-electron chi connectivity index (χ1n) is 10.9. The molecule has 0 spiro atoms. The van der Waals surface area contributed by atoms with Crippen molar-refractivity contribution < 1.29 is 87.8 Å². The molecule has 1 amide bonds. The fourth-order valence-electron chi connectivity index (χ4n) is 4.94. The summed E-state index contributed by atoms with van der Waals surface area (Å²) >= 11 is 0. The van der Waals surface area contributed by atoms with Crippen molar-refractivity contribution in [1.29, 1.82) is 0 Å². The van der Waals surface area contributed by atoms with Crippen molar-refractivity contribution in [2.75, 3.05) is 13.7 Å². The van der Waals surface area contributed by atoms with Crippen molar-refractivity contribution in [1.82, 2.24) is 4.90 Å². The molecule has 3 fully saturated rings. The molecule has 0 aromatic rings. The Bertz CT molecular complexity index is 575. The molecule has 3 aliphatic rings. The molecular weight excluding hydrogens is 486 g/mol. The number of ether oxygens (including phenoxy) is 2. The molecule has 1 heterocycles. The van der Waals surface area contributed by atoms with E-state index < -0.39 is 0 Å². The molecule has 1 saturated heterocycles. The van der Waals surface area contributed by atoms with Crippen LogP contribution in [0.3, 0.4) is 0 Å². The summed E-state index contributed by atoms with van der Waals surface area (Å²) in [6.45, 7) is 13.5. The van der Waals surface area contributed by atoms with Gasteiger partial charge in [-0.05, 0) is 56.2 Å². The van der Waals surface area contributed by atoms with Gasteiger partial charge in [-0.25, -0.2) is 4.79 Å². The number of carbonyl (C=O) groups excluding carboxylic acids is 1. The summed E-state index contributed by atoms with van der Waals surface area (Å²) in [6, 6.07) is 0.333. The number of likely N-dealkylation sites (tertiary alicyclic amines) is 1. The Balaban J connectivity index is 0.00000300. The van der Waals surface area contributed by atoms with E-state index in [9.17, 15) is 4.79 Å². The number of hydrogen-bond donors (Lipinski definition) is 0. The van der Waals surface area contributed by atoms with Crippen molar-refractivity contribution in [3.8, 4) is 0 Å². The first kappa shape index (κ1) is 26.6. The van der Waals surface area contributed by atoms with Crippen molar-refractivity contribution in [3.63, 3.8) is 0 Å². The van der Waals surface area contributed by atoms with Crippen LogP contribution in [0.15, 0.2) is 0 Å². The number of nitrogens with zero attached hydrogens (tertiary/aromatic N) is 1. The molecule has 3 rings (SSSR count). The summed E-state index contributed by atoms with van der Waals surface area (Å²) in [5.41, 5.74) is -0.193. The van der Waals surface area contributed by atoms with Gasteiger partial charge in [-0.15, -0.1) is 0 Å². The van der Waals surface area contributed by atoms with Crippen molar-refractivity contribution in [2.45, 2.75) is 103 Å². The molecule has 29 heavy (non-hydrogen) atoms. The third-order valence-corrected chi connectivity index (χ3v) is 7.64. The molecule has 1 radical (unpaired) electrons. The van der Waals surface area contributed by atoms with Crippen LogP contribution in [0, 0.1) is 17.8 Å². The van der Waals surface area contributed by atoms with Crippen molar-refractivity contribution >= 4 is 13.6 Å². The first-order chi connectivity index (χ1) is 13.1. The maximum atomic E-state index is 12.2. The minimum atomic E-state index is -0.229. The van der Waals surface area contributed by atoms with Gasteiger partial charge in [0.15, 0.2) is 0 Å². The second kappa shape index (κ2) is 10.5. The minimum Gasteiger partial charge on any atom is -0.464 e. The van der Waals surface area contributed by atoms with Crippen LogP contribution < -0.4 is 68.9 Å². The molecule has 3 unspecified atom stereocenters. The third-order valence-electron chi connectivity index (χ3n) is 7.64.